The lowest BCUT2D eigenvalue weighted by molar-refractivity contribution is 0.285. The summed E-state index contributed by atoms with van der Waals surface area (Å²) in [5.74, 6) is -0.591. The molecule has 0 aromatic heterocycles. The van der Waals surface area contributed by atoms with Gasteiger partial charge in [-0.05, 0) is 38.0 Å². The van der Waals surface area contributed by atoms with Gasteiger partial charge in [-0.1, -0.05) is 20.3 Å². The zero-order valence-corrected chi connectivity index (χ0v) is 13.5. The van der Waals surface area contributed by atoms with Crippen molar-refractivity contribution in [1.82, 2.24) is 0 Å². The van der Waals surface area contributed by atoms with E-state index in [1.807, 2.05) is 6.92 Å². The van der Waals surface area contributed by atoms with Crippen LogP contribution in [0.25, 0.3) is 0 Å². The minimum absolute atomic E-state index is 0.0619. The zero-order chi connectivity index (χ0) is 16.5. The van der Waals surface area contributed by atoms with Gasteiger partial charge in [-0.2, -0.15) is 0 Å². The van der Waals surface area contributed by atoms with Crippen LogP contribution < -0.4 is 16.6 Å². The normalized spacial score (nSPS) is 18.0. The number of benzene rings is 1. The zero-order valence-electron chi connectivity index (χ0n) is 12.7. The van der Waals surface area contributed by atoms with E-state index in [4.69, 9.17) is 16.6 Å². The number of halogens is 1. The van der Waals surface area contributed by atoms with Crippen molar-refractivity contribution in [3.8, 4) is 0 Å². The van der Waals surface area contributed by atoms with Gasteiger partial charge in [-0.3, -0.25) is 0 Å². The second-order valence-corrected chi connectivity index (χ2v) is 7.46. The number of rotatable bonds is 6. The van der Waals surface area contributed by atoms with Crippen molar-refractivity contribution < 1.29 is 12.8 Å². The Bertz CT molecular complexity index is 617. The third-order valence-electron chi connectivity index (χ3n) is 4.27. The highest BCUT2D eigenvalue weighted by Crippen LogP contribution is 2.42. The molecule has 0 saturated carbocycles. The Labute approximate surface area is 125 Å². The molecule has 1 rings (SSSR count). The maximum absolute atomic E-state index is 14.2. The fourth-order valence-corrected chi connectivity index (χ4v) is 4.62. The van der Waals surface area contributed by atoms with E-state index < -0.39 is 26.1 Å². The third kappa shape index (κ3) is 2.90. The highest BCUT2D eigenvalue weighted by Gasteiger charge is 2.54. The number of nitrogen functional groups attached to an aromatic ring is 1. The van der Waals surface area contributed by atoms with Crippen LogP contribution in [-0.2, 0) is 15.6 Å². The van der Waals surface area contributed by atoms with E-state index in [0.29, 0.717) is 12.1 Å². The maximum atomic E-state index is 14.2. The lowest BCUT2D eigenvalue weighted by Crippen LogP contribution is -2.62. The fraction of sp³-hybridized carbons (Fsp3) is 0.571. The minimum Gasteiger partial charge on any atom is -0.399 e. The number of hydrogen-bond acceptors (Lipinski definition) is 4. The summed E-state index contributed by atoms with van der Waals surface area (Å²) in [6, 6.07) is 3.96. The van der Waals surface area contributed by atoms with E-state index in [2.05, 4.69) is 0 Å². The van der Waals surface area contributed by atoms with E-state index in [9.17, 15) is 12.8 Å². The first-order chi connectivity index (χ1) is 9.53. The summed E-state index contributed by atoms with van der Waals surface area (Å²) in [7, 11) is -4.01. The number of sulfonamides is 1. The summed E-state index contributed by atoms with van der Waals surface area (Å²) in [4.78, 5) is 0. The predicted octanol–water partition coefficient (Wildman–Crippen LogP) is 1.82. The number of nitrogens with two attached hydrogens (primary N) is 3. The second-order valence-electron chi connectivity index (χ2n) is 5.58. The Morgan fingerprint density at radius 2 is 1.86 bits per heavy atom. The Kier molecular flexibility index (Phi) is 5.02. The molecule has 6 N–H and O–H groups in total. The van der Waals surface area contributed by atoms with Crippen molar-refractivity contribution in [1.29, 1.82) is 0 Å². The molecule has 0 radical (unpaired) electrons. The summed E-state index contributed by atoms with van der Waals surface area (Å²) >= 11 is 0. The van der Waals surface area contributed by atoms with Gasteiger partial charge in [0.1, 0.15) is 10.6 Å². The molecule has 0 aliphatic heterocycles. The van der Waals surface area contributed by atoms with Gasteiger partial charge >= 0.3 is 0 Å². The van der Waals surface area contributed by atoms with Gasteiger partial charge in [0.2, 0.25) is 10.0 Å². The fourth-order valence-electron chi connectivity index (χ4n) is 3.03. The monoisotopic (exact) mass is 317 g/mol. The van der Waals surface area contributed by atoms with E-state index >= 15 is 0 Å². The third-order valence-corrected chi connectivity index (χ3v) is 6.27. The molecule has 1 aromatic rings. The van der Waals surface area contributed by atoms with Crippen LogP contribution in [0.2, 0.25) is 0 Å². The van der Waals surface area contributed by atoms with Gasteiger partial charge in [0, 0.05) is 11.3 Å². The van der Waals surface area contributed by atoms with Gasteiger partial charge in [0.15, 0.2) is 0 Å². The molecule has 0 fully saturated rings. The Morgan fingerprint density at radius 1 is 1.29 bits per heavy atom. The predicted molar refractivity (Wildman–Crippen MR) is 83.4 cm³/mol. The molecule has 1 unspecified atom stereocenters. The topological polar surface area (TPSA) is 112 Å². The van der Waals surface area contributed by atoms with Crippen LogP contribution in [-0.4, -0.2) is 13.2 Å². The Balaban J connectivity index is 3.65. The first-order valence-electron chi connectivity index (χ1n) is 6.90. The van der Waals surface area contributed by atoms with Crippen molar-refractivity contribution in [3.63, 3.8) is 0 Å². The number of primary sulfonamides is 1. The van der Waals surface area contributed by atoms with Crippen molar-refractivity contribution in [2.45, 2.75) is 50.3 Å². The van der Waals surface area contributed by atoms with Crippen LogP contribution in [0.3, 0.4) is 0 Å². The lowest BCUT2D eigenvalue weighted by atomic mass is 9.75. The molecular formula is C14H24FN3O2S. The molecule has 0 saturated heterocycles. The summed E-state index contributed by atoms with van der Waals surface area (Å²) in [6.07, 6.45) is 0.978. The molecule has 0 aliphatic rings. The smallest absolute Gasteiger partial charge is 0.216 e. The van der Waals surface area contributed by atoms with Crippen LogP contribution in [0.15, 0.2) is 18.2 Å². The highest BCUT2D eigenvalue weighted by molar-refractivity contribution is 7.90. The van der Waals surface area contributed by atoms with Crippen molar-refractivity contribution in [3.05, 3.63) is 29.6 Å². The molecular weight excluding hydrogens is 293 g/mol. The molecule has 1 aromatic carbocycles. The van der Waals surface area contributed by atoms with Gasteiger partial charge in [-0.25, -0.2) is 17.9 Å². The molecule has 0 amide bonds. The lowest BCUT2D eigenvalue weighted by Gasteiger charge is -2.44. The van der Waals surface area contributed by atoms with Gasteiger partial charge in [0.05, 0.1) is 5.54 Å². The molecule has 0 aliphatic carbocycles. The van der Waals surface area contributed by atoms with Crippen molar-refractivity contribution in [2.24, 2.45) is 10.9 Å². The van der Waals surface area contributed by atoms with E-state index in [1.54, 1.807) is 6.92 Å². The van der Waals surface area contributed by atoms with Crippen LogP contribution in [0, 0.1) is 5.82 Å². The highest BCUT2D eigenvalue weighted by atomic mass is 32.2. The molecule has 5 nitrogen and oxygen atoms in total. The van der Waals surface area contributed by atoms with E-state index in [1.165, 1.54) is 25.1 Å². The molecule has 21 heavy (non-hydrogen) atoms. The van der Waals surface area contributed by atoms with E-state index in [-0.39, 0.29) is 18.4 Å². The summed E-state index contributed by atoms with van der Waals surface area (Å²) in [5, 5.41) is 5.46. The second kappa shape index (κ2) is 5.90. The summed E-state index contributed by atoms with van der Waals surface area (Å²) in [5.41, 5.74) is 10.9. The average molecular weight is 317 g/mol. The van der Waals surface area contributed by atoms with Crippen LogP contribution >= 0.6 is 0 Å². The van der Waals surface area contributed by atoms with Gasteiger partial charge < -0.3 is 11.5 Å². The molecule has 120 valence electrons. The Hall–Kier alpha value is -1.18. The number of anilines is 1. The van der Waals surface area contributed by atoms with E-state index in [0.717, 1.165) is 0 Å². The van der Waals surface area contributed by atoms with Crippen molar-refractivity contribution >= 4 is 15.7 Å². The van der Waals surface area contributed by atoms with Crippen molar-refractivity contribution in [2.75, 3.05) is 5.73 Å². The van der Waals surface area contributed by atoms with Gasteiger partial charge in [-0.15, -0.1) is 0 Å². The number of hydrogen-bond donors (Lipinski definition) is 3. The summed E-state index contributed by atoms with van der Waals surface area (Å²) in [6.45, 7) is 5.02. The standard InChI is InChI=1S/C14H24FN3O2S/c1-4-8-14(5-2,21(18,19)20)13(3,17)11-9-10(16)6-7-12(11)15/h6-7,9H,4-5,8,16-17H2,1-3H3,(H2,18,19,20)/t13?,14-/m0/s1. The molecule has 0 spiro atoms. The first kappa shape index (κ1) is 17.9. The Morgan fingerprint density at radius 3 is 2.29 bits per heavy atom. The van der Waals surface area contributed by atoms with Crippen LogP contribution in [0.1, 0.15) is 45.6 Å². The minimum atomic E-state index is -4.01. The SMILES string of the molecule is CCC[C@@](CC)(C(C)(N)c1cc(N)ccc1F)S(N)(=O)=O. The molecule has 0 bridgehead atoms. The maximum Gasteiger partial charge on any atom is 0.216 e. The average Bonchev–Trinajstić information content (AvgIpc) is 2.36. The summed E-state index contributed by atoms with van der Waals surface area (Å²) < 4.78 is 37.2. The molecule has 7 heteroatoms. The first-order valence-corrected chi connectivity index (χ1v) is 8.45. The van der Waals surface area contributed by atoms with Crippen LogP contribution in [0.5, 0.6) is 0 Å². The van der Waals surface area contributed by atoms with Crippen LogP contribution in [0.4, 0.5) is 10.1 Å². The molecule has 0 heterocycles. The van der Waals surface area contributed by atoms with Gasteiger partial charge in [0.25, 0.3) is 0 Å². The quantitative estimate of drug-likeness (QED) is 0.695. The largest absolute Gasteiger partial charge is 0.399 e. The molecule has 2 atom stereocenters.